The summed E-state index contributed by atoms with van der Waals surface area (Å²) in [5.41, 5.74) is 0.455. The van der Waals surface area contributed by atoms with E-state index < -0.39 is 26.8 Å². The van der Waals surface area contributed by atoms with Gasteiger partial charge in [-0.25, -0.2) is 13.2 Å². The Bertz CT molecular complexity index is 588. The minimum Gasteiger partial charge on any atom is -0.478 e. The zero-order chi connectivity index (χ0) is 15.3. The monoisotopic (exact) mass is 299 g/mol. The Morgan fingerprint density at radius 3 is 2.00 bits per heavy atom. The van der Waals surface area contributed by atoms with Crippen LogP contribution in [0.3, 0.4) is 0 Å². The molecule has 0 aliphatic carbocycles. The van der Waals surface area contributed by atoms with Gasteiger partial charge in [0, 0.05) is 13.1 Å². The van der Waals surface area contributed by atoms with E-state index in [1.165, 1.54) is 29.2 Å². The molecule has 1 rings (SSSR count). The Morgan fingerprint density at radius 1 is 1.10 bits per heavy atom. The molecule has 1 aromatic rings. The smallest absolute Gasteiger partial charge is 0.339 e. The van der Waals surface area contributed by atoms with Crippen LogP contribution in [0.5, 0.6) is 0 Å². The molecule has 0 fully saturated rings. The number of hydrogen-bond donors (Lipinski definition) is 1. The fourth-order valence-corrected chi connectivity index (χ4v) is 3.11. The summed E-state index contributed by atoms with van der Waals surface area (Å²) in [4.78, 5) is 23.8. The van der Waals surface area contributed by atoms with Crippen molar-refractivity contribution in [2.45, 2.75) is 19.6 Å². The molecule has 0 saturated heterocycles. The van der Waals surface area contributed by atoms with Crippen molar-refractivity contribution in [2.24, 2.45) is 0 Å². The third-order valence-electron chi connectivity index (χ3n) is 2.85. The van der Waals surface area contributed by atoms with Gasteiger partial charge in [0.25, 0.3) is 0 Å². The van der Waals surface area contributed by atoms with Gasteiger partial charge >= 0.3 is 11.2 Å². The first-order valence-corrected chi connectivity index (χ1v) is 7.81. The second-order valence-electron chi connectivity index (χ2n) is 4.20. The number of carboxylic acids is 1. The van der Waals surface area contributed by atoms with Crippen molar-refractivity contribution in [3.63, 3.8) is 0 Å². The number of nitrogens with zero attached hydrogens (tertiary/aromatic N) is 1. The summed E-state index contributed by atoms with van der Waals surface area (Å²) in [7, 11) is -3.93. The van der Waals surface area contributed by atoms with E-state index in [4.69, 9.17) is 5.11 Å². The molecule has 0 aliphatic rings. The van der Waals surface area contributed by atoms with Crippen molar-refractivity contribution in [1.82, 2.24) is 4.90 Å². The minimum atomic E-state index is -3.93. The summed E-state index contributed by atoms with van der Waals surface area (Å²) in [6.07, 6.45) is 0. The SMILES string of the molecule is CCN(CC)C(=O)S(=O)(=O)Cc1ccc(C(=O)O)cc1. The molecule has 0 heterocycles. The molecule has 7 heteroatoms. The molecule has 1 amide bonds. The molecule has 20 heavy (non-hydrogen) atoms. The van der Waals surface area contributed by atoms with Gasteiger partial charge in [0.2, 0.25) is 9.84 Å². The number of carbonyl (C=O) groups is 2. The molecule has 0 atom stereocenters. The maximum atomic E-state index is 12.0. The summed E-state index contributed by atoms with van der Waals surface area (Å²) < 4.78 is 23.9. The molecule has 1 aromatic carbocycles. The third kappa shape index (κ3) is 3.80. The molecule has 0 spiro atoms. The number of amides is 1. The van der Waals surface area contributed by atoms with E-state index in [2.05, 4.69) is 0 Å². The van der Waals surface area contributed by atoms with Gasteiger partial charge in [-0.1, -0.05) is 12.1 Å². The summed E-state index contributed by atoms with van der Waals surface area (Å²) in [6, 6.07) is 5.43. The lowest BCUT2D eigenvalue weighted by atomic mass is 10.1. The lowest BCUT2D eigenvalue weighted by Crippen LogP contribution is -2.35. The Morgan fingerprint density at radius 2 is 1.60 bits per heavy atom. The van der Waals surface area contributed by atoms with Gasteiger partial charge < -0.3 is 10.0 Å². The molecule has 1 N–H and O–H groups in total. The van der Waals surface area contributed by atoms with Gasteiger partial charge in [0.05, 0.1) is 11.3 Å². The number of rotatable bonds is 5. The summed E-state index contributed by atoms with van der Waals surface area (Å²) in [5, 5.41) is 7.86. The van der Waals surface area contributed by atoms with Crippen molar-refractivity contribution in [1.29, 1.82) is 0 Å². The molecule has 0 aliphatic heterocycles. The topological polar surface area (TPSA) is 91.8 Å². The standard InChI is InChI=1S/C13H17NO5S/c1-3-14(4-2)13(17)20(18,19)9-10-5-7-11(8-6-10)12(15)16/h5-8H,3-4,9H2,1-2H3,(H,15,16). The Kier molecular flexibility index (Phi) is 5.26. The van der Waals surface area contributed by atoms with E-state index >= 15 is 0 Å². The number of hydrogen-bond acceptors (Lipinski definition) is 4. The minimum absolute atomic E-state index is 0.0706. The van der Waals surface area contributed by atoms with E-state index in [1.54, 1.807) is 13.8 Å². The van der Waals surface area contributed by atoms with Gasteiger partial charge in [0.15, 0.2) is 0 Å². The maximum Gasteiger partial charge on any atom is 0.339 e. The first-order chi connectivity index (χ1) is 9.31. The summed E-state index contributed by atoms with van der Waals surface area (Å²) >= 11 is 0. The van der Waals surface area contributed by atoms with Crippen LogP contribution in [0.2, 0.25) is 0 Å². The van der Waals surface area contributed by atoms with Crippen molar-refractivity contribution in [2.75, 3.05) is 13.1 Å². The van der Waals surface area contributed by atoms with Gasteiger partial charge in [-0.05, 0) is 31.5 Å². The predicted molar refractivity (Wildman–Crippen MR) is 74.3 cm³/mol. The van der Waals surface area contributed by atoms with Crippen LogP contribution >= 0.6 is 0 Å². The predicted octanol–water partition coefficient (Wildman–Crippen LogP) is 1.76. The third-order valence-corrected chi connectivity index (χ3v) is 4.35. The second-order valence-corrected chi connectivity index (χ2v) is 6.07. The average Bonchev–Trinajstić information content (AvgIpc) is 2.40. The van der Waals surface area contributed by atoms with Gasteiger partial charge in [-0.3, -0.25) is 4.79 Å². The van der Waals surface area contributed by atoms with Crippen molar-refractivity contribution >= 4 is 21.0 Å². The van der Waals surface area contributed by atoms with Crippen LogP contribution in [0.1, 0.15) is 29.8 Å². The van der Waals surface area contributed by atoms with Crippen LogP contribution in [-0.2, 0) is 15.6 Å². The number of aromatic carboxylic acids is 1. The molecule has 110 valence electrons. The molecular formula is C13H17NO5S. The Balaban J connectivity index is 2.91. The summed E-state index contributed by atoms with van der Waals surface area (Å²) in [5.74, 6) is -1.51. The van der Waals surface area contributed by atoms with Crippen molar-refractivity contribution < 1.29 is 23.1 Å². The molecular weight excluding hydrogens is 282 g/mol. The fourth-order valence-electron chi connectivity index (χ4n) is 1.70. The molecule has 0 aromatic heterocycles. The largest absolute Gasteiger partial charge is 0.478 e. The molecule has 0 radical (unpaired) electrons. The van der Waals surface area contributed by atoms with Gasteiger partial charge in [-0.15, -0.1) is 0 Å². The van der Waals surface area contributed by atoms with Crippen molar-refractivity contribution in [3.8, 4) is 0 Å². The molecule has 0 unspecified atom stereocenters. The Hall–Kier alpha value is -1.89. The lowest BCUT2D eigenvalue weighted by molar-refractivity contribution is 0.0697. The highest BCUT2D eigenvalue weighted by Crippen LogP contribution is 2.12. The number of sulfone groups is 1. The lowest BCUT2D eigenvalue weighted by Gasteiger charge is -2.18. The number of carboxylic acid groups (broad SMARTS) is 1. The zero-order valence-electron chi connectivity index (χ0n) is 11.4. The van der Waals surface area contributed by atoms with Gasteiger partial charge in [0.1, 0.15) is 0 Å². The van der Waals surface area contributed by atoms with E-state index in [0.717, 1.165) is 0 Å². The van der Waals surface area contributed by atoms with Crippen LogP contribution in [-0.4, -0.2) is 42.7 Å². The molecule has 0 saturated carbocycles. The normalized spacial score (nSPS) is 11.1. The van der Waals surface area contributed by atoms with E-state index in [1.807, 2.05) is 0 Å². The summed E-state index contributed by atoms with van der Waals surface area (Å²) in [6.45, 7) is 4.07. The van der Waals surface area contributed by atoms with Crippen LogP contribution < -0.4 is 0 Å². The van der Waals surface area contributed by atoms with E-state index in [9.17, 15) is 18.0 Å². The molecule has 0 bridgehead atoms. The van der Waals surface area contributed by atoms with Gasteiger partial charge in [-0.2, -0.15) is 0 Å². The fraction of sp³-hybridized carbons (Fsp3) is 0.385. The van der Waals surface area contributed by atoms with Crippen LogP contribution in [0.4, 0.5) is 4.79 Å². The van der Waals surface area contributed by atoms with Crippen LogP contribution in [0.15, 0.2) is 24.3 Å². The maximum absolute atomic E-state index is 12.0. The van der Waals surface area contributed by atoms with E-state index in [0.29, 0.717) is 18.7 Å². The first-order valence-electron chi connectivity index (χ1n) is 6.15. The highest BCUT2D eigenvalue weighted by atomic mass is 32.2. The first kappa shape index (κ1) is 16.2. The highest BCUT2D eigenvalue weighted by Gasteiger charge is 2.26. The Labute approximate surface area is 117 Å². The van der Waals surface area contributed by atoms with Crippen LogP contribution in [0.25, 0.3) is 0 Å². The zero-order valence-corrected chi connectivity index (χ0v) is 12.2. The van der Waals surface area contributed by atoms with E-state index in [-0.39, 0.29) is 5.56 Å². The second kappa shape index (κ2) is 6.51. The van der Waals surface area contributed by atoms with Crippen molar-refractivity contribution in [3.05, 3.63) is 35.4 Å². The molecule has 6 nitrogen and oxygen atoms in total. The highest BCUT2D eigenvalue weighted by molar-refractivity contribution is 8.05. The quantitative estimate of drug-likeness (QED) is 0.894. The number of benzene rings is 1. The number of carbonyl (C=O) groups excluding carboxylic acids is 1. The van der Waals surface area contributed by atoms with Crippen LogP contribution in [0, 0.1) is 0 Å². The average molecular weight is 299 g/mol.